The van der Waals surface area contributed by atoms with Gasteiger partial charge in [-0.2, -0.15) is 0 Å². The molecule has 6 rings (SSSR count). The zero-order chi connectivity index (χ0) is 33.3. The molecule has 1 fully saturated rings. The third-order valence-electron chi connectivity index (χ3n) is 7.56. The van der Waals surface area contributed by atoms with Crippen molar-refractivity contribution in [2.24, 2.45) is 0 Å². The summed E-state index contributed by atoms with van der Waals surface area (Å²) in [5, 5.41) is 6.91. The number of aromatic nitrogens is 3. The summed E-state index contributed by atoms with van der Waals surface area (Å²) in [5.41, 5.74) is 1.82. The Morgan fingerprint density at radius 1 is 0.979 bits per heavy atom. The molecule has 0 radical (unpaired) electrons. The third kappa shape index (κ3) is 6.93. The van der Waals surface area contributed by atoms with E-state index in [1.54, 1.807) is 92.4 Å². The first-order valence-electron chi connectivity index (χ1n) is 15.0. The fraction of sp³-hybridized carbons (Fsp3) is 0.235. The predicted octanol–water partition coefficient (Wildman–Crippen LogP) is 6.66. The molecule has 3 heterocycles. The molecular weight excluding hydrogens is 640 g/mol. The summed E-state index contributed by atoms with van der Waals surface area (Å²) in [4.78, 5) is 36.3. The van der Waals surface area contributed by atoms with Crippen LogP contribution in [0.1, 0.15) is 37.6 Å². The minimum absolute atomic E-state index is 0.124. The summed E-state index contributed by atoms with van der Waals surface area (Å²) < 4.78 is 33.7. The largest absolute Gasteiger partial charge is 0.444 e. The first-order valence-corrected chi connectivity index (χ1v) is 16.8. The van der Waals surface area contributed by atoms with Crippen LogP contribution < -0.4 is 10.6 Å². The van der Waals surface area contributed by atoms with E-state index in [9.17, 15) is 18.0 Å². The number of nitrogens with one attached hydrogen (secondary N) is 2. The number of carbonyl (C=O) groups excluding carboxylic acids is 2. The van der Waals surface area contributed by atoms with Crippen molar-refractivity contribution in [2.45, 2.75) is 43.7 Å². The first-order chi connectivity index (χ1) is 22.4. The highest BCUT2D eigenvalue weighted by Gasteiger charge is 2.28. The van der Waals surface area contributed by atoms with Crippen LogP contribution in [0.3, 0.4) is 0 Å². The van der Waals surface area contributed by atoms with E-state index in [4.69, 9.17) is 21.3 Å². The van der Waals surface area contributed by atoms with Crippen LogP contribution in [-0.4, -0.2) is 64.0 Å². The van der Waals surface area contributed by atoms with Crippen molar-refractivity contribution in [1.29, 1.82) is 0 Å². The van der Waals surface area contributed by atoms with Crippen molar-refractivity contribution < 1.29 is 22.7 Å². The summed E-state index contributed by atoms with van der Waals surface area (Å²) in [6, 6.07) is 21.9. The van der Waals surface area contributed by atoms with Crippen molar-refractivity contribution in [3.05, 3.63) is 102 Å². The normalized spacial score (nSPS) is 15.1. The van der Waals surface area contributed by atoms with Gasteiger partial charge in [-0.25, -0.2) is 27.2 Å². The minimum Gasteiger partial charge on any atom is -0.444 e. The number of nitrogens with zero attached hydrogens (tertiary/aromatic N) is 4. The highest BCUT2D eigenvalue weighted by atomic mass is 35.5. The van der Waals surface area contributed by atoms with Crippen molar-refractivity contribution in [2.75, 3.05) is 23.7 Å². The Morgan fingerprint density at radius 3 is 2.40 bits per heavy atom. The summed E-state index contributed by atoms with van der Waals surface area (Å²) in [6.45, 7) is 6.30. The van der Waals surface area contributed by atoms with E-state index < -0.39 is 21.7 Å². The van der Waals surface area contributed by atoms with Gasteiger partial charge in [0.2, 0.25) is 5.95 Å². The quantitative estimate of drug-likeness (QED) is 0.196. The first kappa shape index (κ1) is 32.0. The van der Waals surface area contributed by atoms with E-state index in [1.807, 2.05) is 12.1 Å². The summed E-state index contributed by atoms with van der Waals surface area (Å²) in [5.74, 6) is 0.173. The smallest absolute Gasteiger partial charge is 0.412 e. The summed E-state index contributed by atoms with van der Waals surface area (Å²) in [7, 11) is -3.89. The van der Waals surface area contributed by atoms with Gasteiger partial charge in [0.25, 0.3) is 15.9 Å². The van der Waals surface area contributed by atoms with Crippen LogP contribution in [0.25, 0.3) is 22.2 Å². The number of ether oxygens (including phenoxy) is 1. The molecule has 0 saturated carbocycles. The zero-order valence-electron chi connectivity index (χ0n) is 26.0. The van der Waals surface area contributed by atoms with Gasteiger partial charge in [0.05, 0.1) is 27.3 Å². The molecule has 2 aromatic heterocycles. The Bertz CT molecular complexity index is 2060. The lowest BCUT2D eigenvalue weighted by Gasteiger charge is -2.20. The number of likely N-dealkylation sites (tertiary alicyclic amines) is 1. The summed E-state index contributed by atoms with van der Waals surface area (Å²) >= 11 is 6.59. The minimum atomic E-state index is -3.89. The average Bonchev–Trinajstić information content (AvgIpc) is 3.67. The standard InChI is InChI=1S/C34H33ClN6O5S/c1-34(2,3)46-33(43)38-23-15-13-22(14-16-23)31(42)40-18-17-24(20-40)37-32-36-19-28(35)30(39-32)27-21-41(29-12-8-7-11-26(27)29)47(44,45)25-9-5-4-6-10-25/h4-16,19,21,24H,17-18,20H2,1-3H3,(H,38,43)(H,36,37,39). The Balaban J connectivity index is 1.17. The number of carbonyl (C=O) groups is 2. The molecule has 1 aliphatic heterocycles. The number of benzene rings is 3. The van der Waals surface area contributed by atoms with Gasteiger partial charge in [0.15, 0.2) is 0 Å². The van der Waals surface area contributed by atoms with E-state index in [-0.39, 0.29) is 21.9 Å². The second-order valence-electron chi connectivity index (χ2n) is 12.1. The lowest BCUT2D eigenvalue weighted by atomic mass is 10.1. The Hall–Kier alpha value is -4.94. The van der Waals surface area contributed by atoms with Crippen LogP contribution in [0.15, 0.2) is 96.2 Å². The lowest BCUT2D eigenvalue weighted by Crippen LogP contribution is -2.32. The molecule has 0 spiro atoms. The fourth-order valence-corrected chi connectivity index (χ4v) is 7.00. The molecule has 1 aliphatic rings. The molecule has 0 aliphatic carbocycles. The number of hydrogen-bond donors (Lipinski definition) is 2. The number of fused-ring (bicyclic) bond motifs is 1. The molecule has 47 heavy (non-hydrogen) atoms. The lowest BCUT2D eigenvalue weighted by molar-refractivity contribution is 0.0635. The molecule has 13 heteroatoms. The molecule has 2 amide bonds. The van der Waals surface area contributed by atoms with E-state index in [2.05, 4.69) is 15.6 Å². The molecule has 1 saturated heterocycles. The SMILES string of the molecule is CC(C)(C)OC(=O)Nc1ccc(C(=O)N2CCC(Nc3ncc(Cl)c(-c4cn(S(=O)(=O)c5ccccc5)c5ccccc45)n3)C2)cc1. The Labute approximate surface area is 277 Å². The molecule has 3 aromatic carbocycles. The van der Waals surface area contributed by atoms with Gasteiger partial charge in [0.1, 0.15) is 5.60 Å². The van der Waals surface area contributed by atoms with Gasteiger partial charge < -0.3 is 15.0 Å². The number of para-hydroxylation sites is 1. The van der Waals surface area contributed by atoms with Crippen LogP contribution in [0, 0.1) is 0 Å². The van der Waals surface area contributed by atoms with E-state index >= 15 is 0 Å². The third-order valence-corrected chi connectivity index (χ3v) is 9.53. The predicted molar refractivity (Wildman–Crippen MR) is 181 cm³/mol. The van der Waals surface area contributed by atoms with Gasteiger partial charge in [-0.3, -0.25) is 10.1 Å². The average molecular weight is 673 g/mol. The van der Waals surface area contributed by atoms with Crippen LogP contribution in [0.2, 0.25) is 5.02 Å². The second-order valence-corrected chi connectivity index (χ2v) is 14.4. The van der Waals surface area contributed by atoms with Crippen molar-refractivity contribution in [3.63, 3.8) is 0 Å². The molecular formula is C34H33ClN6O5S. The highest BCUT2D eigenvalue weighted by molar-refractivity contribution is 7.90. The van der Waals surface area contributed by atoms with Crippen LogP contribution in [0.5, 0.6) is 0 Å². The number of hydrogen-bond acceptors (Lipinski definition) is 8. The van der Waals surface area contributed by atoms with Crippen LogP contribution in [-0.2, 0) is 14.8 Å². The molecule has 11 nitrogen and oxygen atoms in total. The number of amides is 2. The number of rotatable bonds is 7. The van der Waals surface area contributed by atoms with Gasteiger partial charge in [-0.05, 0) is 69.7 Å². The van der Waals surface area contributed by atoms with Gasteiger partial charge in [0, 0.05) is 47.5 Å². The highest BCUT2D eigenvalue weighted by Crippen LogP contribution is 2.36. The molecule has 1 atom stereocenters. The molecule has 5 aromatic rings. The van der Waals surface area contributed by atoms with Gasteiger partial charge >= 0.3 is 6.09 Å². The zero-order valence-corrected chi connectivity index (χ0v) is 27.5. The van der Waals surface area contributed by atoms with E-state index in [1.165, 1.54) is 16.4 Å². The number of halogens is 1. The second kappa shape index (κ2) is 12.7. The van der Waals surface area contributed by atoms with Gasteiger partial charge in [-0.1, -0.05) is 48.0 Å². The van der Waals surface area contributed by atoms with Crippen molar-refractivity contribution in [3.8, 4) is 11.3 Å². The maximum Gasteiger partial charge on any atom is 0.412 e. The van der Waals surface area contributed by atoms with Crippen molar-refractivity contribution in [1.82, 2.24) is 18.8 Å². The molecule has 0 bridgehead atoms. The van der Waals surface area contributed by atoms with Crippen LogP contribution in [0.4, 0.5) is 16.4 Å². The topological polar surface area (TPSA) is 136 Å². The molecule has 242 valence electrons. The maximum absolute atomic E-state index is 13.6. The van der Waals surface area contributed by atoms with E-state index in [0.29, 0.717) is 58.9 Å². The van der Waals surface area contributed by atoms with Crippen molar-refractivity contribution >= 4 is 56.2 Å². The maximum atomic E-state index is 13.6. The van der Waals surface area contributed by atoms with Crippen LogP contribution >= 0.6 is 11.6 Å². The fourth-order valence-electron chi connectivity index (χ4n) is 5.41. The Kier molecular flexibility index (Phi) is 8.64. The molecule has 2 N–H and O–H groups in total. The molecule has 1 unspecified atom stereocenters. The number of anilines is 2. The Morgan fingerprint density at radius 2 is 1.68 bits per heavy atom. The monoisotopic (exact) mass is 672 g/mol. The van der Waals surface area contributed by atoms with Gasteiger partial charge in [-0.15, -0.1) is 0 Å². The van der Waals surface area contributed by atoms with E-state index in [0.717, 1.165) is 0 Å². The summed E-state index contributed by atoms with van der Waals surface area (Å²) in [6.07, 6.45) is 3.12.